The molecule has 0 radical (unpaired) electrons. The Morgan fingerprint density at radius 2 is 1.83 bits per heavy atom. The van der Waals surface area contributed by atoms with Crippen molar-refractivity contribution in [1.82, 2.24) is 25.4 Å². The number of carbonyl (C=O) groups is 1. The minimum Gasteiger partial charge on any atom is -0.335 e. The molecule has 1 aliphatic heterocycles. The Labute approximate surface area is 138 Å². The molecule has 2 aliphatic rings. The van der Waals surface area contributed by atoms with Crippen molar-refractivity contribution in [3.63, 3.8) is 0 Å². The van der Waals surface area contributed by atoms with Gasteiger partial charge in [0, 0.05) is 19.0 Å². The number of fused-ring (bicyclic) bond motifs is 1. The molecule has 2 N–H and O–H groups in total. The van der Waals surface area contributed by atoms with Gasteiger partial charge in [0.25, 0.3) is 0 Å². The number of rotatable bonds is 3. The van der Waals surface area contributed by atoms with E-state index in [1.54, 1.807) is 0 Å². The van der Waals surface area contributed by atoms with Crippen molar-refractivity contribution >= 4 is 6.03 Å². The van der Waals surface area contributed by atoms with E-state index >= 15 is 0 Å². The summed E-state index contributed by atoms with van der Waals surface area (Å²) in [5.74, 6) is 1.79. The number of aromatic nitrogens is 3. The summed E-state index contributed by atoms with van der Waals surface area (Å²) >= 11 is 0. The van der Waals surface area contributed by atoms with Crippen molar-refractivity contribution in [1.29, 1.82) is 0 Å². The summed E-state index contributed by atoms with van der Waals surface area (Å²) in [7, 11) is 0. The van der Waals surface area contributed by atoms with Gasteiger partial charge in [0.2, 0.25) is 0 Å². The van der Waals surface area contributed by atoms with Crippen LogP contribution in [0.25, 0.3) is 0 Å². The maximum Gasteiger partial charge on any atom is 0.315 e. The first-order chi connectivity index (χ1) is 11.3. The number of carbonyl (C=O) groups excluding carboxylic acids is 1. The highest BCUT2D eigenvalue weighted by Gasteiger charge is 2.26. The van der Waals surface area contributed by atoms with E-state index in [9.17, 15) is 4.79 Å². The molecule has 0 spiro atoms. The molecule has 0 saturated heterocycles. The predicted octanol–water partition coefficient (Wildman–Crippen LogP) is 3.09. The first-order valence-electron chi connectivity index (χ1n) is 9.27. The second-order valence-corrected chi connectivity index (χ2v) is 6.82. The Bertz CT molecular complexity index is 519. The number of amides is 2. The summed E-state index contributed by atoms with van der Waals surface area (Å²) in [6.07, 6.45) is 11.4. The molecule has 0 aromatic carbocycles. The van der Waals surface area contributed by atoms with Crippen LogP contribution in [0.2, 0.25) is 0 Å². The Morgan fingerprint density at radius 3 is 2.57 bits per heavy atom. The molecule has 6 heteroatoms. The lowest BCUT2D eigenvalue weighted by Crippen LogP contribution is -2.44. The maximum atomic E-state index is 12.4. The molecule has 128 valence electrons. The predicted molar refractivity (Wildman–Crippen MR) is 89.1 cm³/mol. The summed E-state index contributed by atoms with van der Waals surface area (Å²) in [5.41, 5.74) is 0. The van der Waals surface area contributed by atoms with Crippen molar-refractivity contribution in [2.75, 3.05) is 0 Å². The first kappa shape index (κ1) is 16.3. The molecule has 1 atom stereocenters. The third-order valence-electron chi connectivity index (χ3n) is 4.98. The van der Waals surface area contributed by atoms with Gasteiger partial charge in [-0.25, -0.2) is 14.5 Å². The Balaban J connectivity index is 1.56. The molecular weight excluding hydrogens is 290 g/mol. The van der Waals surface area contributed by atoms with E-state index in [0.29, 0.717) is 6.04 Å². The summed E-state index contributed by atoms with van der Waals surface area (Å²) in [6, 6.07) is 0.267. The van der Waals surface area contributed by atoms with E-state index in [0.717, 1.165) is 50.3 Å². The number of nitrogens with one attached hydrogen (secondary N) is 2. The zero-order valence-electron chi connectivity index (χ0n) is 14.2. The fraction of sp³-hybridized carbons (Fsp3) is 0.824. The van der Waals surface area contributed by atoms with Crippen LogP contribution in [-0.4, -0.2) is 26.8 Å². The lowest BCUT2D eigenvalue weighted by Gasteiger charge is -2.26. The van der Waals surface area contributed by atoms with Crippen molar-refractivity contribution in [3.05, 3.63) is 11.6 Å². The minimum absolute atomic E-state index is 0.00916. The van der Waals surface area contributed by atoms with E-state index in [2.05, 4.69) is 27.6 Å². The van der Waals surface area contributed by atoms with Gasteiger partial charge >= 0.3 is 6.03 Å². The van der Waals surface area contributed by atoms with Crippen LogP contribution in [0.3, 0.4) is 0 Å². The molecule has 0 bridgehead atoms. The Morgan fingerprint density at radius 1 is 1.09 bits per heavy atom. The maximum absolute atomic E-state index is 12.4. The average molecular weight is 319 g/mol. The van der Waals surface area contributed by atoms with Crippen LogP contribution in [0, 0.1) is 0 Å². The first-order valence-corrected chi connectivity index (χ1v) is 9.27. The van der Waals surface area contributed by atoms with Crippen molar-refractivity contribution < 1.29 is 4.79 Å². The van der Waals surface area contributed by atoms with Gasteiger partial charge in [-0.05, 0) is 25.7 Å². The number of nitrogens with zero attached hydrogens (tertiary/aromatic N) is 3. The number of hydrogen-bond acceptors (Lipinski definition) is 3. The van der Waals surface area contributed by atoms with Gasteiger partial charge in [-0.3, -0.25) is 0 Å². The fourth-order valence-corrected chi connectivity index (χ4v) is 3.67. The smallest absolute Gasteiger partial charge is 0.315 e. The molecule has 3 rings (SSSR count). The molecule has 1 saturated carbocycles. The molecule has 1 fully saturated rings. The van der Waals surface area contributed by atoms with E-state index in [1.807, 2.05) is 4.68 Å². The number of urea groups is 1. The van der Waals surface area contributed by atoms with Gasteiger partial charge in [-0.15, -0.1) is 0 Å². The van der Waals surface area contributed by atoms with Crippen LogP contribution in [0.4, 0.5) is 4.79 Å². The molecule has 0 unspecified atom stereocenters. The fourth-order valence-electron chi connectivity index (χ4n) is 3.67. The van der Waals surface area contributed by atoms with E-state index < -0.39 is 0 Å². The van der Waals surface area contributed by atoms with Gasteiger partial charge in [0.05, 0.1) is 6.04 Å². The molecule has 1 aliphatic carbocycles. The van der Waals surface area contributed by atoms with E-state index in [-0.39, 0.29) is 12.1 Å². The van der Waals surface area contributed by atoms with Gasteiger partial charge in [-0.1, -0.05) is 39.0 Å². The summed E-state index contributed by atoms with van der Waals surface area (Å²) in [4.78, 5) is 17.0. The summed E-state index contributed by atoms with van der Waals surface area (Å²) in [5, 5.41) is 10.8. The van der Waals surface area contributed by atoms with E-state index in [1.165, 1.54) is 32.1 Å². The number of hydrogen-bond donors (Lipinski definition) is 2. The SMILES string of the molecule is CCc1nc2n(n1)CCC[C@H]2NC(=O)NC1CCCCCCC1. The molecule has 2 heterocycles. The van der Waals surface area contributed by atoms with Gasteiger partial charge in [0.1, 0.15) is 5.82 Å². The monoisotopic (exact) mass is 319 g/mol. The molecule has 1 aromatic rings. The number of aryl methyl sites for hydroxylation is 2. The third-order valence-corrected chi connectivity index (χ3v) is 4.98. The normalized spacial score (nSPS) is 22.7. The Hall–Kier alpha value is -1.59. The molecule has 6 nitrogen and oxygen atoms in total. The quantitative estimate of drug-likeness (QED) is 0.899. The largest absolute Gasteiger partial charge is 0.335 e. The van der Waals surface area contributed by atoms with Crippen LogP contribution in [0.15, 0.2) is 0 Å². The van der Waals surface area contributed by atoms with Crippen molar-refractivity contribution in [2.24, 2.45) is 0 Å². The zero-order chi connectivity index (χ0) is 16.1. The highest BCUT2D eigenvalue weighted by Crippen LogP contribution is 2.23. The standard InChI is InChI=1S/C17H29N5O/c1-2-15-20-16-14(11-8-12-22(16)21-15)19-17(23)18-13-9-6-4-3-5-7-10-13/h13-14H,2-12H2,1H3,(H2,18,19,23)/t14-/m1/s1. The lowest BCUT2D eigenvalue weighted by atomic mass is 9.97. The van der Waals surface area contributed by atoms with Gasteiger partial charge in [0.15, 0.2) is 5.82 Å². The summed E-state index contributed by atoms with van der Waals surface area (Å²) < 4.78 is 1.96. The zero-order valence-corrected chi connectivity index (χ0v) is 14.2. The van der Waals surface area contributed by atoms with Crippen LogP contribution >= 0.6 is 0 Å². The second kappa shape index (κ2) is 7.79. The third kappa shape index (κ3) is 4.24. The molecule has 2 amide bonds. The van der Waals surface area contributed by atoms with Crippen molar-refractivity contribution in [3.8, 4) is 0 Å². The Kier molecular flexibility index (Phi) is 5.51. The lowest BCUT2D eigenvalue weighted by molar-refractivity contribution is 0.226. The van der Waals surface area contributed by atoms with Crippen LogP contribution < -0.4 is 10.6 Å². The highest BCUT2D eigenvalue weighted by atomic mass is 16.2. The summed E-state index contributed by atoms with van der Waals surface area (Å²) in [6.45, 7) is 2.97. The molecular formula is C17H29N5O. The molecule has 23 heavy (non-hydrogen) atoms. The average Bonchev–Trinajstić information content (AvgIpc) is 2.94. The highest BCUT2D eigenvalue weighted by molar-refractivity contribution is 5.74. The van der Waals surface area contributed by atoms with E-state index in [4.69, 9.17) is 0 Å². The van der Waals surface area contributed by atoms with Crippen LogP contribution in [0.5, 0.6) is 0 Å². The van der Waals surface area contributed by atoms with Gasteiger partial charge < -0.3 is 10.6 Å². The van der Waals surface area contributed by atoms with Crippen molar-refractivity contribution in [2.45, 2.75) is 89.8 Å². The topological polar surface area (TPSA) is 71.8 Å². The second-order valence-electron chi connectivity index (χ2n) is 6.82. The van der Waals surface area contributed by atoms with Crippen LogP contribution in [0.1, 0.15) is 82.4 Å². The molecule has 1 aromatic heterocycles. The van der Waals surface area contributed by atoms with Crippen LogP contribution in [-0.2, 0) is 13.0 Å². The minimum atomic E-state index is -0.0462. The van der Waals surface area contributed by atoms with Gasteiger partial charge in [-0.2, -0.15) is 5.10 Å².